The smallest absolute Gasteiger partial charge is 0.249 e. The van der Waals surface area contributed by atoms with Crippen LogP contribution in [0.1, 0.15) is 44.1 Å². The Labute approximate surface area is 124 Å². The summed E-state index contributed by atoms with van der Waals surface area (Å²) in [6.45, 7) is 0.789. The van der Waals surface area contributed by atoms with E-state index in [1.807, 2.05) is 11.0 Å². The van der Waals surface area contributed by atoms with Gasteiger partial charge in [-0.3, -0.25) is 9.59 Å². The van der Waals surface area contributed by atoms with Crippen molar-refractivity contribution in [2.75, 3.05) is 11.4 Å². The molecule has 0 radical (unpaired) electrons. The van der Waals surface area contributed by atoms with E-state index in [9.17, 15) is 9.59 Å². The number of nitrogens with zero attached hydrogens (tertiary/aromatic N) is 1. The normalized spacial score (nSPS) is 26.2. The van der Waals surface area contributed by atoms with Crippen molar-refractivity contribution in [3.8, 4) is 0 Å². The van der Waals surface area contributed by atoms with Gasteiger partial charge in [-0.05, 0) is 30.9 Å². The molecule has 1 aliphatic carbocycles. The van der Waals surface area contributed by atoms with Gasteiger partial charge in [0.25, 0.3) is 0 Å². The first-order chi connectivity index (χ1) is 10.2. The van der Waals surface area contributed by atoms with E-state index in [1.165, 1.54) is 31.2 Å². The molecule has 2 fully saturated rings. The van der Waals surface area contributed by atoms with Crippen LogP contribution in [0.2, 0.25) is 0 Å². The zero-order valence-corrected chi connectivity index (χ0v) is 12.1. The van der Waals surface area contributed by atoms with Gasteiger partial charge in [0.05, 0.1) is 0 Å². The fourth-order valence-electron chi connectivity index (χ4n) is 4.29. The molecule has 110 valence electrons. The van der Waals surface area contributed by atoms with Crippen LogP contribution in [0.25, 0.3) is 0 Å². The van der Waals surface area contributed by atoms with Crippen molar-refractivity contribution in [3.05, 3.63) is 29.8 Å². The maximum Gasteiger partial charge on any atom is 0.249 e. The molecular weight excluding hydrogens is 264 g/mol. The Balaban J connectivity index is 1.68. The molecule has 4 rings (SSSR count). The molecular formula is C17H20N2O2. The van der Waals surface area contributed by atoms with Gasteiger partial charge in [-0.2, -0.15) is 0 Å². The summed E-state index contributed by atoms with van der Waals surface area (Å²) < 4.78 is 0. The predicted octanol–water partition coefficient (Wildman–Crippen LogP) is 2.12. The number of carbonyl (C=O) groups excluding carboxylic acids is 2. The standard InChI is InChI=1S/C17H20N2O2/c20-15-8-7-13(18-15)16(21)19-11-17(9-3-4-10-17)12-5-1-2-6-14(12)19/h1-2,5-6,13H,3-4,7-11H2,(H,18,20). The molecule has 21 heavy (non-hydrogen) atoms. The quantitative estimate of drug-likeness (QED) is 0.859. The van der Waals surface area contributed by atoms with E-state index in [1.54, 1.807) is 0 Å². The molecule has 4 heteroatoms. The van der Waals surface area contributed by atoms with E-state index in [0.29, 0.717) is 12.8 Å². The van der Waals surface area contributed by atoms with Gasteiger partial charge in [-0.25, -0.2) is 0 Å². The van der Waals surface area contributed by atoms with Crippen molar-refractivity contribution in [1.29, 1.82) is 0 Å². The van der Waals surface area contributed by atoms with E-state index in [4.69, 9.17) is 0 Å². The van der Waals surface area contributed by atoms with E-state index in [-0.39, 0.29) is 23.3 Å². The summed E-state index contributed by atoms with van der Waals surface area (Å²) in [6, 6.07) is 7.98. The second-order valence-electron chi connectivity index (χ2n) is 6.59. The van der Waals surface area contributed by atoms with Crippen LogP contribution >= 0.6 is 0 Å². The Morgan fingerprint density at radius 2 is 2.00 bits per heavy atom. The van der Waals surface area contributed by atoms with Crippen molar-refractivity contribution in [2.45, 2.75) is 50.0 Å². The van der Waals surface area contributed by atoms with Gasteiger partial charge in [0, 0.05) is 24.1 Å². The van der Waals surface area contributed by atoms with Crippen LogP contribution in [-0.4, -0.2) is 24.4 Å². The summed E-state index contributed by atoms with van der Waals surface area (Å²) in [7, 11) is 0. The summed E-state index contributed by atoms with van der Waals surface area (Å²) >= 11 is 0. The van der Waals surface area contributed by atoms with Crippen molar-refractivity contribution in [3.63, 3.8) is 0 Å². The number of fused-ring (bicyclic) bond motifs is 2. The lowest BCUT2D eigenvalue weighted by molar-refractivity contribution is -0.124. The van der Waals surface area contributed by atoms with Gasteiger partial charge in [0.15, 0.2) is 0 Å². The Hall–Kier alpha value is -1.84. The number of carbonyl (C=O) groups is 2. The molecule has 0 aromatic heterocycles. The predicted molar refractivity (Wildman–Crippen MR) is 80.1 cm³/mol. The topological polar surface area (TPSA) is 49.4 Å². The number of para-hydroxylation sites is 1. The first-order valence-electron chi connectivity index (χ1n) is 7.90. The highest BCUT2D eigenvalue weighted by atomic mass is 16.2. The first-order valence-corrected chi connectivity index (χ1v) is 7.90. The number of amides is 2. The summed E-state index contributed by atoms with van der Waals surface area (Å²) in [4.78, 5) is 26.1. The average molecular weight is 284 g/mol. The van der Waals surface area contributed by atoms with E-state index < -0.39 is 0 Å². The minimum Gasteiger partial charge on any atom is -0.344 e. The largest absolute Gasteiger partial charge is 0.344 e. The molecule has 2 amide bonds. The maximum atomic E-state index is 12.8. The zero-order valence-electron chi connectivity index (χ0n) is 12.1. The zero-order chi connectivity index (χ0) is 14.4. The highest BCUT2D eigenvalue weighted by Gasteiger charge is 2.47. The molecule has 1 saturated heterocycles. The minimum atomic E-state index is -0.331. The van der Waals surface area contributed by atoms with Gasteiger partial charge in [-0.1, -0.05) is 31.0 Å². The number of hydrogen-bond acceptors (Lipinski definition) is 2. The second kappa shape index (κ2) is 4.58. The monoisotopic (exact) mass is 284 g/mol. The fourth-order valence-corrected chi connectivity index (χ4v) is 4.29. The van der Waals surface area contributed by atoms with Gasteiger partial charge in [-0.15, -0.1) is 0 Å². The maximum absolute atomic E-state index is 12.8. The number of rotatable bonds is 1. The highest BCUT2D eigenvalue weighted by Crippen LogP contribution is 2.50. The Morgan fingerprint density at radius 3 is 2.71 bits per heavy atom. The SMILES string of the molecule is O=C1CCC(C(=O)N2CC3(CCCC3)c3ccccc32)N1. The average Bonchev–Trinajstić information content (AvgIpc) is 3.20. The van der Waals surface area contributed by atoms with Crippen molar-refractivity contribution in [2.24, 2.45) is 0 Å². The van der Waals surface area contributed by atoms with Crippen LogP contribution in [0, 0.1) is 0 Å². The van der Waals surface area contributed by atoms with Crippen LogP contribution in [0.15, 0.2) is 24.3 Å². The Bertz CT molecular complexity index is 605. The molecule has 1 aromatic rings. The Morgan fingerprint density at radius 1 is 1.24 bits per heavy atom. The number of anilines is 1. The summed E-state index contributed by atoms with van der Waals surface area (Å²) in [5.41, 5.74) is 2.56. The van der Waals surface area contributed by atoms with Crippen LogP contribution in [0.4, 0.5) is 5.69 Å². The number of benzene rings is 1. The molecule has 2 heterocycles. The fraction of sp³-hybridized carbons (Fsp3) is 0.529. The molecule has 1 N–H and O–H groups in total. The summed E-state index contributed by atoms with van der Waals surface area (Å²) in [5, 5.41) is 2.81. The molecule has 1 aromatic carbocycles. The van der Waals surface area contributed by atoms with Gasteiger partial charge in [0.2, 0.25) is 11.8 Å². The van der Waals surface area contributed by atoms with Crippen LogP contribution in [0.3, 0.4) is 0 Å². The lowest BCUT2D eigenvalue weighted by Crippen LogP contribution is -2.45. The first kappa shape index (κ1) is 12.9. The highest BCUT2D eigenvalue weighted by molar-refractivity contribution is 6.02. The summed E-state index contributed by atoms with van der Waals surface area (Å²) in [6.07, 6.45) is 5.93. The molecule has 1 spiro atoms. The number of hydrogen-bond donors (Lipinski definition) is 1. The van der Waals surface area contributed by atoms with Gasteiger partial charge >= 0.3 is 0 Å². The third-order valence-corrected chi connectivity index (χ3v) is 5.35. The van der Waals surface area contributed by atoms with Crippen LogP contribution in [-0.2, 0) is 15.0 Å². The number of nitrogens with one attached hydrogen (secondary N) is 1. The van der Waals surface area contributed by atoms with Gasteiger partial charge < -0.3 is 10.2 Å². The molecule has 1 saturated carbocycles. The van der Waals surface area contributed by atoms with E-state index >= 15 is 0 Å². The third-order valence-electron chi connectivity index (χ3n) is 5.35. The molecule has 1 atom stereocenters. The Kier molecular flexibility index (Phi) is 2.81. The molecule has 1 unspecified atom stereocenters. The molecule has 2 aliphatic heterocycles. The second-order valence-corrected chi connectivity index (χ2v) is 6.59. The van der Waals surface area contributed by atoms with Gasteiger partial charge in [0.1, 0.15) is 6.04 Å². The minimum absolute atomic E-state index is 0.00332. The van der Waals surface area contributed by atoms with Crippen molar-refractivity contribution >= 4 is 17.5 Å². The van der Waals surface area contributed by atoms with Crippen molar-refractivity contribution in [1.82, 2.24) is 5.32 Å². The molecule has 4 nitrogen and oxygen atoms in total. The molecule has 0 bridgehead atoms. The lowest BCUT2D eigenvalue weighted by atomic mass is 9.81. The lowest BCUT2D eigenvalue weighted by Gasteiger charge is -2.26. The third kappa shape index (κ3) is 1.88. The van der Waals surface area contributed by atoms with Crippen LogP contribution < -0.4 is 10.2 Å². The van der Waals surface area contributed by atoms with E-state index in [0.717, 1.165) is 12.2 Å². The summed E-state index contributed by atoms with van der Waals surface area (Å²) in [5.74, 6) is 0.0634. The molecule has 3 aliphatic rings. The van der Waals surface area contributed by atoms with Crippen LogP contribution in [0.5, 0.6) is 0 Å². The van der Waals surface area contributed by atoms with Crippen molar-refractivity contribution < 1.29 is 9.59 Å². The van der Waals surface area contributed by atoms with E-state index in [2.05, 4.69) is 23.5 Å².